The third-order valence-corrected chi connectivity index (χ3v) is 6.71. The van der Waals surface area contributed by atoms with Crippen LogP contribution in [0, 0.1) is 11.1 Å². The van der Waals surface area contributed by atoms with Gasteiger partial charge in [-0.2, -0.15) is 0 Å². The van der Waals surface area contributed by atoms with Gasteiger partial charge in [0.15, 0.2) is 0 Å². The first-order chi connectivity index (χ1) is 7.33. The molecule has 0 saturated carbocycles. The average molecular weight is 262 g/mol. The minimum absolute atomic E-state index is 0.550. The monoisotopic (exact) mass is 262 g/mol. The summed E-state index contributed by atoms with van der Waals surface area (Å²) < 4.78 is 27.9. The third kappa shape index (κ3) is 8.06. The van der Waals surface area contributed by atoms with E-state index in [1.807, 2.05) is 13.8 Å². The van der Waals surface area contributed by atoms with Gasteiger partial charge >= 0.3 is 16.8 Å². The summed E-state index contributed by atoms with van der Waals surface area (Å²) in [4.78, 5) is 0. The van der Waals surface area contributed by atoms with Gasteiger partial charge in [0.1, 0.15) is 0 Å². The first-order valence-corrected chi connectivity index (χ1v) is 11.4. The van der Waals surface area contributed by atoms with Crippen LogP contribution in [0.4, 0.5) is 8.22 Å². The summed E-state index contributed by atoms with van der Waals surface area (Å²) in [5.41, 5.74) is 5.30. The molecule has 2 unspecified atom stereocenters. The first-order valence-electron chi connectivity index (χ1n) is 6.25. The molecule has 0 aromatic carbocycles. The van der Waals surface area contributed by atoms with E-state index in [2.05, 4.69) is 11.1 Å². The van der Waals surface area contributed by atoms with Gasteiger partial charge in [-0.1, -0.05) is 50.6 Å². The van der Waals surface area contributed by atoms with Crippen molar-refractivity contribution in [1.82, 2.24) is 0 Å². The van der Waals surface area contributed by atoms with Crippen LogP contribution in [-0.2, 0) is 0 Å². The molecule has 0 N–H and O–H groups in total. The molecule has 0 aromatic rings. The highest BCUT2D eigenvalue weighted by molar-refractivity contribution is 6.85. The van der Waals surface area contributed by atoms with E-state index in [-0.39, 0.29) is 0 Å². The van der Waals surface area contributed by atoms with Crippen LogP contribution in [-0.4, -0.2) is 16.8 Å². The zero-order valence-electron chi connectivity index (χ0n) is 11.0. The molecule has 0 rings (SSSR count). The fourth-order valence-electron chi connectivity index (χ4n) is 1.40. The Balaban J connectivity index is 4.33. The van der Waals surface area contributed by atoms with Gasteiger partial charge in [0.25, 0.3) is 0 Å². The van der Waals surface area contributed by atoms with E-state index in [9.17, 15) is 8.22 Å². The maximum atomic E-state index is 14.0. The van der Waals surface area contributed by atoms with Crippen molar-refractivity contribution in [2.75, 3.05) is 0 Å². The molecule has 16 heavy (non-hydrogen) atoms. The molecule has 0 aliphatic heterocycles. The summed E-state index contributed by atoms with van der Waals surface area (Å²) in [5.74, 6) is 0. The highest BCUT2D eigenvalue weighted by atomic mass is 28.4. The lowest BCUT2D eigenvalue weighted by Gasteiger charge is -2.12. The Bertz CT molecular complexity index is 227. The van der Waals surface area contributed by atoms with Crippen molar-refractivity contribution in [3.05, 3.63) is 0 Å². The van der Waals surface area contributed by atoms with Crippen LogP contribution in [0.1, 0.15) is 39.5 Å². The van der Waals surface area contributed by atoms with Gasteiger partial charge in [-0.15, -0.1) is 0 Å². The van der Waals surface area contributed by atoms with Crippen LogP contribution in [0.15, 0.2) is 0 Å². The van der Waals surface area contributed by atoms with E-state index in [1.54, 1.807) is 13.1 Å². The van der Waals surface area contributed by atoms with Gasteiger partial charge in [0.2, 0.25) is 0 Å². The quantitative estimate of drug-likeness (QED) is 0.368. The summed E-state index contributed by atoms with van der Waals surface area (Å²) in [6.45, 7) is 7.26. The van der Waals surface area contributed by atoms with Crippen LogP contribution in [0.5, 0.6) is 0 Å². The van der Waals surface area contributed by atoms with Crippen molar-refractivity contribution in [1.29, 1.82) is 0 Å². The molecule has 4 heteroatoms. The van der Waals surface area contributed by atoms with Crippen molar-refractivity contribution in [2.45, 2.75) is 64.7 Å². The van der Waals surface area contributed by atoms with Crippen molar-refractivity contribution < 1.29 is 8.22 Å². The molecule has 0 saturated heterocycles. The summed E-state index contributed by atoms with van der Waals surface area (Å²) in [6, 6.07) is 1.10. The fourth-order valence-corrected chi connectivity index (χ4v) is 5.77. The molecule has 0 aliphatic rings. The van der Waals surface area contributed by atoms with Crippen molar-refractivity contribution in [3.63, 3.8) is 0 Å². The summed E-state index contributed by atoms with van der Waals surface area (Å²) in [5, 5.41) is 0. The smallest absolute Gasteiger partial charge is 0.298 e. The van der Waals surface area contributed by atoms with Gasteiger partial charge in [-0.25, -0.2) is 0 Å². The Morgan fingerprint density at radius 2 is 1.12 bits per heavy atom. The Morgan fingerprint density at radius 1 is 0.812 bits per heavy atom. The van der Waals surface area contributed by atoms with E-state index in [1.165, 1.54) is 0 Å². The third-order valence-electron chi connectivity index (χ3n) is 2.58. The molecule has 0 bridgehead atoms. The maximum absolute atomic E-state index is 14.0. The van der Waals surface area contributed by atoms with E-state index in [0.717, 1.165) is 25.7 Å². The Kier molecular flexibility index (Phi) is 7.17. The number of halogens is 2. The molecule has 0 aliphatic carbocycles. The second-order valence-electron chi connectivity index (χ2n) is 4.85. The molecule has 0 radical (unpaired) electrons. The molecule has 94 valence electrons. The molecular formula is C12H24F2Si2. The van der Waals surface area contributed by atoms with Crippen LogP contribution < -0.4 is 0 Å². The predicted molar refractivity (Wildman–Crippen MR) is 72.7 cm³/mol. The number of rotatable bonds is 6. The molecule has 0 spiro atoms. The second-order valence-corrected chi connectivity index (χ2v) is 11.1. The minimum atomic E-state index is -2.94. The van der Waals surface area contributed by atoms with Crippen molar-refractivity contribution >= 4 is 16.8 Å². The molecule has 0 fully saturated rings. The van der Waals surface area contributed by atoms with Crippen LogP contribution >= 0.6 is 0 Å². The lowest BCUT2D eigenvalue weighted by Crippen LogP contribution is -2.26. The highest BCUT2D eigenvalue weighted by Crippen LogP contribution is 2.17. The van der Waals surface area contributed by atoms with Crippen LogP contribution in [0.25, 0.3) is 0 Å². The summed E-state index contributed by atoms with van der Waals surface area (Å²) in [7, 11) is -5.88. The van der Waals surface area contributed by atoms with Gasteiger partial charge in [-0.05, 0) is 25.2 Å². The fraction of sp³-hybridized carbons (Fsp3) is 0.833. The second kappa shape index (κ2) is 7.23. The van der Waals surface area contributed by atoms with E-state index in [0.29, 0.717) is 12.1 Å². The SMILES string of the molecule is CCCC[Si](C)(F)C#C[Si](C)(F)CCCC. The maximum Gasteiger partial charge on any atom is 0.319 e. The largest absolute Gasteiger partial charge is 0.319 e. The minimum Gasteiger partial charge on any atom is -0.298 e. The van der Waals surface area contributed by atoms with E-state index in [4.69, 9.17) is 0 Å². The number of hydrogen-bond acceptors (Lipinski definition) is 0. The molecular weight excluding hydrogens is 238 g/mol. The topological polar surface area (TPSA) is 0 Å². The van der Waals surface area contributed by atoms with Crippen molar-refractivity contribution in [2.24, 2.45) is 0 Å². The number of unbranched alkanes of at least 4 members (excludes halogenated alkanes) is 2. The molecule has 0 amide bonds. The zero-order chi connectivity index (χ0) is 12.7. The van der Waals surface area contributed by atoms with E-state index < -0.39 is 16.8 Å². The van der Waals surface area contributed by atoms with Gasteiger partial charge < -0.3 is 0 Å². The zero-order valence-corrected chi connectivity index (χ0v) is 13.0. The number of hydrogen-bond donors (Lipinski definition) is 0. The molecule has 0 heterocycles. The Hall–Kier alpha value is -0.146. The highest BCUT2D eigenvalue weighted by Gasteiger charge is 2.28. The lowest BCUT2D eigenvalue weighted by atomic mass is 10.4. The standard InChI is InChI=1S/C12H24F2Si2/c1-5-7-9-15(3,13)11-12-16(4,14)10-8-6-2/h5-10H2,1-4H3. The summed E-state index contributed by atoms with van der Waals surface area (Å²) in [6.07, 6.45) is 3.70. The molecule has 0 nitrogen and oxygen atoms in total. The predicted octanol–water partition coefficient (Wildman–Crippen LogP) is 4.76. The Labute approximate surface area is 101 Å². The van der Waals surface area contributed by atoms with Crippen molar-refractivity contribution in [3.8, 4) is 11.1 Å². The first kappa shape index (κ1) is 15.9. The molecule has 2 atom stereocenters. The Morgan fingerprint density at radius 3 is 1.38 bits per heavy atom. The van der Waals surface area contributed by atoms with Gasteiger partial charge in [0, 0.05) is 0 Å². The normalized spacial score (nSPS) is 18.1. The van der Waals surface area contributed by atoms with Crippen LogP contribution in [0.3, 0.4) is 0 Å². The van der Waals surface area contributed by atoms with Gasteiger partial charge in [-0.3, -0.25) is 8.22 Å². The van der Waals surface area contributed by atoms with Crippen LogP contribution in [0.2, 0.25) is 25.2 Å². The lowest BCUT2D eigenvalue weighted by molar-refractivity contribution is 0.758. The average Bonchev–Trinajstić information content (AvgIpc) is 2.22. The van der Waals surface area contributed by atoms with Gasteiger partial charge in [0.05, 0.1) is 0 Å². The van der Waals surface area contributed by atoms with E-state index >= 15 is 0 Å². The molecule has 0 aromatic heterocycles. The summed E-state index contributed by atoms with van der Waals surface area (Å²) >= 11 is 0.